The molecule has 4 rings (SSSR count). The molecule has 10 atom stereocenters. The first-order valence-corrected chi connectivity index (χ1v) is 14.5. The van der Waals surface area contributed by atoms with Crippen molar-refractivity contribution < 1.29 is 51.8 Å². The first kappa shape index (κ1) is 33.7. The molecular weight excluding hydrogens is 560 g/mol. The zero-order valence-electron chi connectivity index (χ0n) is 25.6. The van der Waals surface area contributed by atoms with E-state index in [1.165, 1.54) is 0 Å². The molecule has 0 aromatic carbocycles. The molecule has 0 radical (unpaired) electrons. The molecule has 0 N–H and O–H groups in total. The molecule has 0 aliphatic carbocycles. The van der Waals surface area contributed by atoms with Crippen molar-refractivity contribution in [1.29, 1.82) is 0 Å². The second kappa shape index (κ2) is 15.2. The van der Waals surface area contributed by atoms with Gasteiger partial charge in [0.1, 0.15) is 42.7 Å². The first-order chi connectivity index (χ1) is 20.7. The summed E-state index contributed by atoms with van der Waals surface area (Å²) >= 11 is 0. The molecule has 3 saturated heterocycles. The van der Waals surface area contributed by atoms with E-state index in [1.54, 1.807) is 49.8 Å². The van der Waals surface area contributed by atoms with E-state index >= 15 is 0 Å². The maximum atomic E-state index is 7.07. The van der Waals surface area contributed by atoms with Crippen LogP contribution in [0.1, 0.15) is 26.5 Å². The molecule has 1 aromatic rings. The Labute approximate surface area is 254 Å². The van der Waals surface area contributed by atoms with E-state index in [9.17, 15) is 0 Å². The highest BCUT2D eigenvalue weighted by Crippen LogP contribution is 2.48. The van der Waals surface area contributed by atoms with Crippen LogP contribution in [-0.2, 0) is 53.2 Å². The average Bonchev–Trinajstić information content (AvgIpc) is 3.64. The van der Waals surface area contributed by atoms with E-state index in [-0.39, 0.29) is 26.4 Å². The molecule has 3 fully saturated rings. The molecule has 4 heterocycles. The fourth-order valence-corrected chi connectivity index (χ4v) is 5.77. The third-order valence-electron chi connectivity index (χ3n) is 7.39. The zero-order valence-corrected chi connectivity index (χ0v) is 25.6. The van der Waals surface area contributed by atoms with Gasteiger partial charge in [0.25, 0.3) is 5.79 Å². The van der Waals surface area contributed by atoms with Gasteiger partial charge in [0.2, 0.25) is 0 Å². The minimum absolute atomic E-state index is 0.128. The molecule has 240 valence electrons. The van der Waals surface area contributed by atoms with E-state index in [4.69, 9.17) is 51.8 Å². The van der Waals surface area contributed by atoms with Crippen LogP contribution in [0.4, 0.5) is 0 Å². The highest BCUT2D eigenvalue weighted by molar-refractivity contribution is 5.16. The Kier molecular flexibility index (Phi) is 11.9. The fourth-order valence-electron chi connectivity index (χ4n) is 5.77. The average molecular weight is 607 g/mol. The van der Waals surface area contributed by atoms with E-state index in [1.807, 2.05) is 20.8 Å². The summed E-state index contributed by atoms with van der Waals surface area (Å²) in [6.07, 6.45) is 2.05. The lowest BCUT2D eigenvalue weighted by atomic mass is 9.89. The van der Waals surface area contributed by atoms with Gasteiger partial charge in [0, 0.05) is 7.11 Å². The molecular formula is C32H46O11. The number of hydrogen-bond donors (Lipinski definition) is 0. The molecule has 0 spiro atoms. The fraction of sp³-hybridized carbons (Fsp3) is 0.625. The largest absolute Gasteiger partial charge is 0.463 e. The zero-order chi connectivity index (χ0) is 31.0. The molecule has 1 aromatic heterocycles. The Hall–Kier alpha value is -2.16. The first-order valence-electron chi connectivity index (χ1n) is 14.5. The molecule has 0 amide bonds. The SMILES string of the molecule is C=CCOC[C@H]1O[C@](O[C@@H]2[C@H]3OC(C)(C)O[C@H]3[C@H](OC)O[C@H]2C)(c2ccco2)[C@@H](OCC=C)[C@@H](OCC=C)[C@@H]1OCC=C. The van der Waals surface area contributed by atoms with Crippen molar-refractivity contribution in [3.8, 4) is 0 Å². The number of hydrogen-bond acceptors (Lipinski definition) is 11. The normalized spacial score (nSPS) is 37.0. The molecule has 0 bridgehead atoms. The monoisotopic (exact) mass is 606 g/mol. The van der Waals surface area contributed by atoms with Gasteiger partial charge in [-0.1, -0.05) is 24.3 Å². The molecule has 0 saturated carbocycles. The van der Waals surface area contributed by atoms with Gasteiger partial charge in [-0.3, -0.25) is 0 Å². The maximum Gasteiger partial charge on any atom is 0.259 e. The van der Waals surface area contributed by atoms with Crippen LogP contribution >= 0.6 is 0 Å². The summed E-state index contributed by atoms with van der Waals surface area (Å²) < 4.78 is 69.4. The quantitative estimate of drug-likeness (QED) is 0.190. The number of ether oxygens (including phenoxy) is 10. The predicted octanol–water partition coefficient (Wildman–Crippen LogP) is 4.04. The van der Waals surface area contributed by atoms with Crippen molar-refractivity contribution in [2.75, 3.05) is 40.1 Å². The lowest BCUT2D eigenvalue weighted by molar-refractivity contribution is -0.417. The summed E-state index contributed by atoms with van der Waals surface area (Å²) in [4.78, 5) is 0. The van der Waals surface area contributed by atoms with Gasteiger partial charge in [-0.2, -0.15) is 0 Å². The number of methoxy groups -OCH3 is 1. The third-order valence-corrected chi connectivity index (χ3v) is 7.39. The van der Waals surface area contributed by atoms with Crippen LogP contribution in [0.5, 0.6) is 0 Å². The summed E-state index contributed by atoms with van der Waals surface area (Å²) in [7, 11) is 1.57. The second-order valence-corrected chi connectivity index (χ2v) is 10.9. The molecule has 3 aliphatic heterocycles. The minimum atomic E-state index is -1.68. The standard InChI is InChI=1S/C32H46O11/c1-9-15-34-20-22-25(36-16-10-2)27(37-17-11-3)29(38-18-12-4)32(40-22,23-14-13-19-35-23)43-24-21(5)39-30(33-8)28-26(24)41-31(6,7)42-28/h9-14,19,21-22,24-30H,1-4,15-18,20H2,5-8H3/t21-,22+,24-,25+,26+,27-,28+,29-,30+,32-/m0/s1. The molecule has 11 nitrogen and oxygen atoms in total. The Balaban J connectivity index is 1.84. The smallest absolute Gasteiger partial charge is 0.259 e. The van der Waals surface area contributed by atoms with E-state index < -0.39 is 66.7 Å². The van der Waals surface area contributed by atoms with Crippen molar-refractivity contribution in [2.24, 2.45) is 0 Å². The van der Waals surface area contributed by atoms with Gasteiger partial charge < -0.3 is 51.8 Å². The van der Waals surface area contributed by atoms with Crippen LogP contribution in [0, 0.1) is 0 Å². The van der Waals surface area contributed by atoms with Crippen molar-refractivity contribution in [3.05, 3.63) is 74.8 Å². The molecule has 3 aliphatic rings. The minimum Gasteiger partial charge on any atom is -0.463 e. The summed E-state index contributed by atoms with van der Waals surface area (Å²) in [5.74, 6) is -2.25. The van der Waals surface area contributed by atoms with Crippen LogP contribution in [0.2, 0.25) is 0 Å². The number of furan rings is 1. The summed E-state index contributed by atoms with van der Waals surface area (Å²) in [5.41, 5.74) is 0. The van der Waals surface area contributed by atoms with E-state index in [2.05, 4.69) is 26.3 Å². The highest BCUT2D eigenvalue weighted by Gasteiger charge is 2.64. The lowest BCUT2D eigenvalue weighted by Gasteiger charge is -2.53. The van der Waals surface area contributed by atoms with Crippen LogP contribution in [0.15, 0.2) is 73.4 Å². The molecule has 0 unspecified atom stereocenters. The van der Waals surface area contributed by atoms with Crippen LogP contribution in [0.3, 0.4) is 0 Å². The van der Waals surface area contributed by atoms with Gasteiger partial charge in [-0.15, -0.1) is 26.3 Å². The summed E-state index contributed by atoms with van der Waals surface area (Å²) in [5, 5.41) is 0. The van der Waals surface area contributed by atoms with Crippen molar-refractivity contribution in [1.82, 2.24) is 0 Å². The van der Waals surface area contributed by atoms with Crippen LogP contribution < -0.4 is 0 Å². The van der Waals surface area contributed by atoms with Crippen LogP contribution in [0.25, 0.3) is 0 Å². The Morgan fingerprint density at radius 3 is 2.12 bits per heavy atom. The Bertz CT molecular complexity index is 1040. The summed E-state index contributed by atoms with van der Waals surface area (Å²) in [6, 6.07) is 3.52. The van der Waals surface area contributed by atoms with Gasteiger partial charge in [-0.25, -0.2) is 0 Å². The Morgan fingerprint density at radius 2 is 1.49 bits per heavy atom. The third kappa shape index (κ3) is 7.39. The van der Waals surface area contributed by atoms with Crippen molar-refractivity contribution in [3.63, 3.8) is 0 Å². The summed E-state index contributed by atoms with van der Waals surface area (Å²) in [6.45, 7) is 21.8. The van der Waals surface area contributed by atoms with Gasteiger partial charge in [-0.05, 0) is 32.9 Å². The lowest BCUT2D eigenvalue weighted by Crippen LogP contribution is -2.69. The van der Waals surface area contributed by atoms with Gasteiger partial charge in [0.15, 0.2) is 17.8 Å². The Morgan fingerprint density at radius 1 is 0.837 bits per heavy atom. The maximum absolute atomic E-state index is 7.07. The molecule has 11 heteroatoms. The van der Waals surface area contributed by atoms with Crippen molar-refractivity contribution >= 4 is 0 Å². The van der Waals surface area contributed by atoms with E-state index in [0.717, 1.165) is 0 Å². The van der Waals surface area contributed by atoms with Gasteiger partial charge >= 0.3 is 0 Å². The molecule has 43 heavy (non-hydrogen) atoms. The topological polar surface area (TPSA) is 105 Å². The van der Waals surface area contributed by atoms with E-state index in [0.29, 0.717) is 12.4 Å². The number of fused-ring (bicyclic) bond motifs is 1. The highest BCUT2D eigenvalue weighted by atomic mass is 16.8. The van der Waals surface area contributed by atoms with Crippen LogP contribution in [-0.4, -0.2) is 101 Å². The van der Waals surface area contributed by atoms with Crippen molar-refractivity contribution in [2.45, 2.75) is 87.5 Å². The second-order valence-electron chi connectivity index (χ2n) is 10.9. The number of rotatable bonds is 17. The van der Waals surface area contributed by atoms with Gasteiger partial charge in [0.05, 0.1) is 45.4 Å². The predicted molar refractivity (Wildman–Crippen MR) is 156 cm³/mol.